The molecule has 6 heteroatoms. The Morgan fingerprint density at radius 3 is 2.68 bits per heavy atom. The average molecular weight is 333 g/mol. The van der Waals surface area contributed by atoms with Crippen molar-refractivity contribution in [1.29, 1.82) is 0 Å². The minimum absolute atomic E-state index is 0.497. The lowest BCUT2D eigenvalue weighted by Gasteiger charge is -1.99. The van der Waals surface area contributed by atoms with Crippen LogP contribution in [0.15, 0.2) is 58.2 Å². The smallest absolute Gasteiger partial charge is 0.277 e. The minimum atomic E-state index is 0.497. The summed E-state index contributed by atoms with van der Waals surface area (Å²) in [4.78, 5) is 0. The summed E-state index contributed by atoms with van der Waals surface area (Å²) in [7, 11) is 1.63. The second kappa shape index (κ2) is 6.85. The molecule has 3 rings (SSSR count). The number of hydrogen-bond acceptors (Lipinski definition) is 5. The van der Waals surface area contributed by atoms with E-state index < -0.39 is 0 Å². The van der Waals surface area contributed by atoms with E-state index in [2.05, 4.69) is 10.2 Å². The van der Waals surface area contributed by atoms with Gasteiger partial charge in [-0.15, -0.1) is 10.2 Å². The second-order valence-corrected chi connectivity index (χ2v) is 5.88. The number of halogens is 1. The van der Waals surface area contributed by atoms with Crippen molar-refractivity contribution >= 4 is 23.4 Å². The van der Waals surface area contributed by atoms with Gasteiger partial charge in [-0.3, -0.25) is 0 Å². The van der Waals surface area contributed by atoms with Crippen LogP contribution in [0.3, 0.4) is 0 Å². The van der Waals surface area contributed by atoms with E-state index in [4.69, 9.17) is 20.8 Å². The maximum Gasteiger partial charge on any atom is 0.277 e. The molecule has 0 saturated heterocycles. The lowest BCUT2D eigenvalue weighted by molar-refractivity contribution is 0.414. The first-order valence-corrected chi connectivity index (χ1v) is 7.96. The van der Waals surface area contributed by atoms with Crippen LogP contribution in [0, 0.1) is 0 Å². The first-order chi connectivity index (χ1) is 10.7. The van der Waals surface area contributed by atoms with Gasteiger partial charge in [-0.1, -0.05) is 35.5 Å². The summed E-state index contributed by atoms with van der Waals surface area (Å²) in [6, 6.07) is 15.2. The molecular formula is C16H13ClN2O2S. The first kappa shape index (κ1) is 14.9. The molecule has 1 aromatic heterocycles. The molecule has 112 valence electrons. The van der Waals surface area contributed by atoms with Crippen LogP contribution in [0.4, 0.5) is 0 Å². The van der Waals surface area contributed by atoms with Crippen LogP contribution in [0.25, 0.3) is 11.5 Å². The van der Waals surface area contributed by atoms with Gasteiger partial charge in [-0.25, -0.2) is 0 Å². The third kappa shape index (κ3) is 3.61. The maximum atomic E-state index is 5.96. The number of thioether (sulfide) groups is 1. The SMILES string of the molecule is COc1ccc(-c2nnc(SCc3cccc(Cl)c3)o2)cc1. The number of benzene rings is 2. The molecule has 1 heterocycles. The van der Waals surface area contributed by atoms with Crippen LogP contribution < -0.4 is 4.74 Å². The molecule has 3 aromatic rings. The van der Waals surface area contributed by atoms with Gasteiger partial charge in [0.1, 0.15) is 5.75 Å². The zero-order valence-electron chi connectivity index (χ0n) is 11.8. The number of aromatic nitrogens is 2. The van der Waals surface area contributed by atoms with Crippen LogP contribution in [0.2, 0.25) is 5.02 Å². The Balaban J connectivity index is 1.68. The van der Waals surface area contributed by atoms with Crippen molar-refractivity contribution in [2.75, 3.05) is 7.11 Å². The van der Waals surface area contributed by atoms with Crippen molar-refractivity contribution in [2.24, 2.45) is 0 Å². The number of rotatable bonds is 5. The number of methoxy groups -OCH3 is 1. The van der Waals surface area contributed by atoms with Gasteiger partial charge < -0.3 is 9.15 Å². The molecule has 0 fully saturated rings. The summed E-state index contributed by atoms with van der Waals surface area (Å²) in [5.41, 5.74) is 1.98. The summed E-state index contributed by atoms with van der Waals surface area (Å²) >= 11 is 7.45. The quantitative estimate of drug-likeness (QED) is 0.634. The lowest BCUT2D eigenvalue weighted by Crippen LogP contribution is -1.82. The molecule has 0 saturated carbocycles. The van der Waals surface area contributed by atoms with E-state index in [0.717, 1.165) is 27.7 Å². The molecule has 2 aromatic carbocycles. The van der Waals surface area contributed by atoms with Crippen LogP contribution in [0.1, 0.15) is 5.56 Å². The van der Waals surface area contributed by atoms with Crippen LogP contribution in [-0.4, -0.2) is 17.3 Å². The Labute approximate surface area is 137 Å². The molecule has 0 aliphatic carbocycles. The van der Waals surface area contributed by atoms with Gasteiger partial charge in [-0.05, 0) is 42.0 Å². The van der Waals surface area contributed by atoms with E-state index in [-0.39, 0.29) is 0 Å². The number of ether oxygens (including phenoxy) is 1. The monoisotopic (exact) mass is 332 g/mol. The highest BCUT2D eigenvalue weighted by Crippen LogP contribution is 2.27. The van der Waals surface area contributed by atoms with Gasteiger partial charge >= 0.3 is 0 Å². The highest BCUT2D eigenvalue weighted by molar-refractivity contribution is 7.98. The normalized spacial score (nSPS) is 10.6. The van der Waals surface area contributed by atoms with E-state index in [9.17, 15) is 0 Å². The molecule has 0 radical (unpaired) electrons. The molecule has 4 nitrogen and oxygen atoms in total. The third-order valence-electron chi connectivity index (χ3n) is 2.99. The van der Waals surface area contributed by atoms with Crippen molar-refractivity contribution < 1.29 is 9.15 Å². The Morgan fingerprint density at radius 2 is 1.95 bits per heavy atom. The molecular weight excluding hydrogens is 320 g/mol. The summed E-state index contributed by atoms with van der Waals surface area (Å²) in [5, 5.41) is 9.38. The van der Waals surface area contributed by atoms with Crippen molar-refractivity contribution in [3.05, 3.63) is 59.1 Å². The van der Waals surface area contributed by atoms with E-state index in [1.165, 1.54) is 11.8 Å². The summed E-state index contributed by atoms with van der Waals surface area (Å²) in [5.74, 6) is 2.01. The predicted molar refractivity (Wildman–Crippen MR) is 87.3 cm³/mol. The zero-order chi connectivity index (χ0) is 15.4. The van der Waals surface area contributed by atoms with E-state index in [1.54, 1.807) is 7.11 Å². The molecule has 0 N–H and O–H groups in total. The van der Waals surface area contributed by atoms with Crippen molar-refractivity contribution in [2.45, 2.75) is 11.0 Å². The Bertz CT molecular complexity index is 759. The fraction of sp³-hybridized carbons (Fsp3) is 0.125. The lowest BCUT2D eigenvalue weighted by atomic mass is 10.2. The van der Waals surface area contributed by atoms with Crippen LogP contribution in [-0.2, 0) is 5.75 Å². The molecule has 0 amide bonds. The molecule has 0 aliphatic heterocycles. The van der Waals surface area contributed by atoms with Crippen LogP contribution in [0.5, 0.6) is 5.75 Å². The van der Waals surface area contributed by atoms with Gasteiger partial charge in [0.2, 0.25) is 5.89 Å². The number of hydrogen-bond donors (Lipinski definition) is 0. The Kier molecular flexibility index (Phi) is 4.65. The maximum absolute atomic E-state index is 5.96. The van der Waals surface area contributed by atoms with Gasteiger partial charge in [-0.2, -0.15) is 0 Å². The van der Waals surface area contributed by atoms with E-state index >= 15 is 0 Å². The fourth-order valence-corrected chi connectivity index (χ4v) is 2.81. The molecule has 0 bridgehead atoms. The van der Waals surface area contributed by atoms with Crippen LogP contribution >= 0.6 is 23.4 Å². The van der Waals surface area contributed by atoms with Gasteiger partial charge in [0.15, 0.2) is 0 Å². The highest BCUT2D eigenvalue weighted by atomic mass is 35.5. The van der Waals surface area contributed by atoms with Crippen molar-refractivity contribution in [3.63, 3.8) is 0 Å². The van der Waals surface area contributed by atoms with Crippen molar-refractivity contribution in [1.82, 2.24) is 10.2 Å². The summed E-state index contributed by atoms with van der Waals surface area (Å²) < 4.78 is 10.8. The summed E-state index contributed by atoms with van der Waals surface area (Å²) in [6.07, 6.45) is 0. The second-order valence-electron chi connectivity index (χ2n) is 4.52. The largest absolute Gasteiger partial charge is 0.497 e. The minimum Gasteiger partial charge on any atom is -0.497 e. The zero-order valence-corrected chi connectivity index (χ0v) is 13.4. The van der Waals surface area contributed by atoms with E-state index in [1.807, 2.05) is 48.5 Å². The molecule has 0 atom stereocenters. The molecule has 22 heavy (non-hydrogen) atoms. The topological polar surface area (TPSA) is 48.2 Å². The van der Waals surface area contributed by atoms with Gasteiger partial charge in [0, 0.05) is 16.3 Å². The predicted octanol–water partition coefficient (Wildman–Crippen LogP) is 4.69. The summed E-state index contributed by atoms with van der Waals surface area (Å²) in [6.45, 7) is 0. The third-order valence-corrected chi connectivity index (χ3v) is 4.12. The first-order valence-electron chi connectivity index (χ1n) is 6.60. The number of nitrogens with zero attached hydrogens (tertiary/aromatic N) is 2. The molecule has 0 aliphatic rings. The van der Waals surface area contributed by atoms with E-state index in [0.29, 0.717) is 11.1 Å². The molecule has 0 unspecified atom stereocenters. The van der Waals surface area contributed by atoms with Crippen molar-refractivity contribution in [3.8, 4) is 17.2 Å². The standard InChI is InChI=1S/C16H13ClN2O2S/c1-20-14-7-5-12(6-8-14)15-18-19-16(21-15)22-10-11-3-2-4-13(17)9-11/h2-9H,10H2,1H3. The fourth-order valence-electron chi connectivity index (χ4n) is 1.89. The molecule has 0 spiro atoms. The highest BCUT2D eigenvalue weighted by Gasteiger charge is 2.09. The Morgan fingerprint density at radius 1 is 1.14 bits per heavy atom. The Hall–Kier alpha value is -1.98. The van der Waals surface area contributed by atoms with Gasteiger partial charge in [0.05, 0.1) is 7.11 Å². The van der Waals surface area contributed by atoms with Gasteiger partial charge in [0.25, 0.3) is 5.22 Å². The average Bonchev–Trinajstić information content (AvgIpc) is 3.02.